The van der Waals surface area contributed by atoms with Crippen molar-refractivity contribution < 1.29 is 13.2 Å². The van der Waals surface area contributed by atoms with Crippen LogP contribution in [0, 0.1) is 0 Å². The van der Waals surface area contributed by atoms with Gasteiger partial charge in [0, 0.05) is 0 Å². The van der Waals surface area contributed by atoms with Crippen molar-refractivity contribution in [1.82, 2.24) is 14.3 Å². The van der Waals surface area contributed by atoms with Crippen molar-refractivity contribution in [2.75, 3.05) is 5.43 Å². The van der Waals surface area contributed by atoms with Gasteiger partial charge in [0.1, 0.15) is 17.2 Å². The minimum Gasteiger partial charge on any atom is -0.308 e. The second-order valence-corrected chi connectivity index (χ2v) is 5.08. The summed E-state index contributed by atoms with van der Waals surface area (Å²) in [6, 6.07) is 1.77. The van der Waals surface area contributed by atoms with Crippen LogP contribution in [-0.4, -0.2) is 14.3 Å². The molecule has 2 aromatic heterocycles. The van der Waals surface area contributed by atoms with Gasteiger partial charge in [-0.25, -0.2) is 15.8 Å². The van der Waals surface area contributed by atoms with E-state index in [0.29, 0.717) is 4.34 Å². The number of hydrazine groups is 1. The minimum atomic E-state index is -4.45. The lowest BCUT2D eigenvalue weighted by atomic mass is 10.2. The number of nitrogens with one attached hydrogen (secondary N) is 1. The van der Waals surface area contributed by atoms with Crippen LogP contribution in [0.25, 0.3) is 0 Å². The smallest absolute Gasteiger partial charge is 0.308 e. The Labute approximate surface area is 108 Å². The van der Waals surface area contributed by atoms with Gasteiger partial charge in [-0.3, -0.25) is 0 Å². The van der Waals surface area contributed by atoms with Crippen LogP contribution in [0.4, 0.5) is 19.0 Å². The molecule has 0 aliphatic heterocycles. The summed E-state index contributed by atoms with van der Waals surface area (Å²) in [4.78, 5) is 7.76. The molecular weight excluding hydrogens is 287 g/mol. The Morgan fingerprint density at radius 2 is 2.11 bits per heavy atom. The van der Waals surface area contributed by atoms with E-state index in [1.54, 1.807) is 0 Å². The van der Waals surface area contributed by atoms with Crippen LogP contribution in [-0.2, 0) is 6.18 Å². The van der Waals surface area contributed by atoms with Crippen LogP contribution in [0.2, 0.25) is 0 Å². The molecule has 18 heavy (non-hydrogen) atoms. The van der Waals surface area contributed by atoms with Crippen LogP contribution in [0.15, 0.2) is 27.8 Å². The van der Waals surface area contributed by atoms with E-state index in [9.17, 15) is 13.2 Å². The SMILES string of the molecule is NNc1cc(C(F)(F)F)cc(Sc2ncns2)n1. The number of halogens is 3. The second kappa shape index (κ2) is 5.08. The van der Waals surface area contributed by atoms with Gasteiger partial charge in [0.25, 0.3) is 0 Å². The van der Waals surface area contributed by atoms with E-state index in [4.69, 9.17) is 5.84 Å². The summed E-state index contributed by atoms with van der Waals surface area (Å²) in [6.45, 7) is 0. The molecule has 0 saturated carbocycles. The van der Waals surface area contributed by atoms with Gasteiger partial charge < -0.3 is 5.43 Å². The van der Waals surface area contributed by atoms with E-state index in [0.717, 1.165) is 35.4 Å². The summed E-state index contributed by atoms with van der Waals surface area (Å²) >= 11 is 2.07. The molecule has 0 bridgehead atoms. The lowest BCUT2D eigenvalue weighted by molar-refractivity contribution is -0.137. The van der Waals surface area contributed by atoms with Gasteiger partial charge in [-0.2, -0.15) is 17.5 Å². The Hall–Kier alpha value is -1.39. The zero-order valence-electron chi connectivity index (χ0n) is 8.60. The molecule has 10 heteroatoms. The number of hydrogen-bond donors (Lipinski definition) is 2. The van der Waals surface area contributed by atoms with Crippen molar-refractivity contribution in [1.29, 1.82) is 0 Å². The minimum absolute atomic E-state index is 0.0585. The van der Waals surface area contributed by atoms with Crippen molar-refractivity contribution in [2.24, 2.45) is 5.84 Å². The maximum atomic E-state index is 12.6. The lowest BCUT2D eigenvalue weighted by Gasteiger charge is -2.10. The zero-order chi connectivity index (χ0) is 13.2. The molecule has 2 heterocycles. The molecule has 3 N–H and O–H groups in total. The summed E-state index contributed by atoms with van der Waals surface area (Å²) in [5, 5.41) is 0.148. The highest BCUT2D eigenvalue weighted by Crippen LogP contribution is 2.35. The Morgan fingerprint density at radius 1 is 1.33 bits per heavy atom. The van der Waals surface area contributed by atoms with Gasteiger partial charge in [0.05, 0.1) is 5.56 Å². The van der Waals surface area contributed by atoms with E-state index in [2.05, 4.69) is 19.8 Å². The highest BCUT2D eigenvalue weighted by Gasteiger charge is 2.31. The molecule has 2 rings (SSSR count). The number of nitrogens with two attached hydrogens (primary N) is 1. The van der Waals surface area contributed by atoms with Crippen LogP contribution < -0.4 is 11.3 Å². The Kier molecular flexibility index (Phi) is 3.68. The predicted octanol–water partition coefficient (Wildman–Crippen LogP) is 2.39. The van der Waals surface area contributed by atoms with E-state index >= 15 is 0 Å². The first-order valence-corrected chi connectivity index (χ1v) is 6.08. The molecule has 0 unspecified atom stereocenters. The predicted molar refractivity (Wildman–Crippen MR) is 61.1 cm³/mol. The first kappa shape index (κ1) is 13.1. The molecular formula is C8H6F3N5S2. The number of nitrogen functional groups attached to an aromatic ring is 1. The third-order valence-corrected chi connectivity index (χ3v) is 3.44. The van der Waals surface area contributed by atoms with E-state index in [1.165, 1.54) is 6.33 Å². The fourth-order valence-corrected chi connectivity index (χ4v) is 2.51. The van der Waals surface area contributed by atoms with Gasteiger partial charge in [-0.1, -0.05) is 0 Å². The molecule has 0 fully saturated rings. The Morgan fingerprint density at radius 3 is 2.67 bits per heavy atom. The summed E-state index contributed by atoms with van der Waals surface area (Å²) < 4.78 is 42.2. The molecule has 0 aliphatic carbocycles. The Bertz CT molecular complexity index is 528. The van der Waals surface area contributed by atoms with Gasteiger partial charge in [0.2, 0.25) is 0 Å². The van der Waals surface area contributed by atoms with E-state index in [1.807, 2.05) is 0 Å². The molecule has 0 atom stereocenters. The zero-order valence-corrected chi connectivity index (χ0v) is 10.2. The van der Waals surface area contributed by atoms with E-state index < -0.39 is 11.7 Å². The van der Waals surface area contributed by atoms with Crippen molar-refractivity contribution in [3.63, 3.8) is 0 Å². The average molecular weight is 293 g/mol. The maximum absolute atomic E-state index is 12.6. The van der Waals surface area contributed by atoms with Crippen LogP contribution in [0.1, 0.15) is 5.56 Å². The number of nitrogens with zero attached hydrogens (tertiary/aromatic N) is 3. The summed E-state index contributed by atoms with van der Waals surface area (Å²) in [7, 11) is 0. The standard InChI is InChI=1S/C8H6F3N5S2/c9-8(10,11)4-1-5(16-12)15-6(2-4)17-7-13-3-14-18-7/h1-3H,12H2,(H,15,16). The molecule has 2 aromatic rings. The Balaban J connectivity index is 2.35. The monoisotopic (exact) mass is 293 g/mol. The fourth-order valence-electron chi connectivity index (χ4n) is 1.09. The molecule has 0 spiro atoms. The topological polar surface area (TPSA) is 76.7 Å². The summed E-state index contributed by atoms with van der Waals surface area (Å²) in [5.74, 6) is 5.03. The van der Waals surface area contributed by atoms with Crippen LogP contribution >= 0.6 is 23.3 Å². The highest BCUT2D eigenvalue weighted by molar-refractivity contribution is 8.00. The first-order valence-electron chi connectivity index (χ1n) is 4.49. The lowest BCUT2D eigenvalue weighted by Crippen LogP contribution is -2.12. The number of alkyl halides is 3. The molecule has 0 saturated heterocycles. The number of pyridine rings is 1. The quantitative estimate of drug-likeness (QED) is 0.668. The third-order valence-electron chi connectivity index (χ3n) is 1.81. The molecule has 0 aromatic carbocycles. The number of anilines is 1. The first-order chi connectivity index (χ1) is 8.49. The maximum Gasteiger partial charge on any atom is 0.416 e. The molecule has 0 radical (unpaired) electrons. The van der Waals surface area contributed by atoms with Crippen molar-refractivity contribution in [2.45, 2.75) is 15.5 Å². The van der Waals surface area contributed by atoms with Crippen molar-refractivity contribution >= 4 is 29.1 Å². The number of hydrogen-bond acceptors (Lipinski definition) is 7. The summed E-state index contributed by atoms with van der Waals surface area (Å²) in [5.41, 5.74) is 1.28. The number of aromatic nitrogens is 3. The van der Waals surface area contributed by atoms with E-state index in [-0.39, 0.29) is 10.8 Å². The van der Waals surface area contributed by atoms with Gasteiger partial charge in [-0.05, 0) is 35.4 Å². The fraction of sp³-hybridized carbons (Fsp3) is 0.125. The third kappa shape index (κ3) is 3.09. The van der Waals surface area contributed by atoms with Crippen LogP contribution in [0.5, 0.6) is 0 Å². The van der Waals surface area contributed by atoms with Crippen LogP contribution in [0.3, 0.4) is 0 Å². The van der Waals surface area contributed by atoms with Gasteiger partial charge >= 0.3 is 6.18 Å². The molecule has 0 aliphatic rings. The largest absolute Gasteiger partial charge is 0.416 e. The average Bonchev–Trinajstić information content (AvgIpc) is 2.80. The van der Waals surface area contributed by atoms with Crippen molar-refractivity contribution in [3.8, 4) is 0 Å². The second-order valence-electron chi connectivity index (χ2n) is 3.03. The molecule has 0 amide bonds. The summed E-state index contributed by atoms with van der Waals surface area (Å²) in [6.07, 6.45) is -3.13. The molecule has 96 valence electrons. The van der Waals surface area contributed by atoms with Gasteiger partial charge in [-0.15, -0.1) is 0 Å². The molecule has 5 nitrogen and oxygen atoms in total. The van der Waals surface area contributed by atoms with Crippen molar-refractivity contribution in [3.05, 3.63) is 24.0 Å². The van der Waals surface area contributed by atoms with Gasteiger partial charge in [0.15, 0.2) is 4.34 Å². The normalized spacial score (nSPS) is 11.6. The highest BCUT2D eigenvalue weighted by atomic mass is 32.2. The number of rotatable bonds is 3.